The number of fused-ring (bicyclic) bond motifs is 3. The van der Waals surface area contributed by atoms with E-state index in [9.17, 15) is 19.5 Å². The normalized spacial score (nSPS) is 17.3. The van der Waals surface area contributed by atoms with Crippen LogP contribution in [-0.4, -0.2) is 48.6 Å². The Hall–Kier alpha value is -3.81. The minimum Gasteiger partial charge on any atom is -0.480 e. The summed E-state index contributed by atoms with van der Waals surface area (Å²) in [4.78, 5) is 36.2. The lowest BCUT2D eigenvalue weighted by molar-refractivity contribution is -0.139. The molecule has 2 amide bonds. The molecule has 0 aliphatic heterocycles. The maximum atomic E-state index is 12.5. The Morgan fingerprint density at radius 2 is 1.63 bits per heavy atom. The highest BCUT2D eigenvalue weighted by Crippen LogP contribution is 2.44. The third-order valence-corrected chi connectivity index (χ3v) is 7.09. The number of allylic oxidation sites excluding steroid dienone is 1. The van der Waals surface area contributed by atoms with E-state index in [2.05, 4.69) is 28.8 Å². The van der Waals surface area contributed by atoms with Crippen molar-refractivity contribution >= 4 is 18.2 Å². The summed E-state index contributed by atoms with van der Waals surface area (Å²) in [6.45, 7) is 0.487. The third kappa shape index (κ3) is 7.37. The largest absolute Gasteiger partial charge is 0.480 e. The van der Waals surface area contributed by atoms with E-state index in [-0.39, 0.29) is 25.0 Å². The van der Waals surface area contributed by atoms with Crippen LogP contribution in [0.5, 0.6) is 0 Å². The van der Waals surface area contributed by atoms with E-state index in [0.29, 0.717) is 19.4 Å². The molecule has 8 heteroatoms. The number of nitrogens with one attached hydrogen (secondary N) is 2. The summed E-state index contributed by atoms with van der Waals surface area (Å²) in [5, 5.41) is 14.8. The Bertz CT molecular complexity index is 1100. The van der Waals surface area contributed by atoms with Crippen molar-refractivity contribution in [1.82, 2.24) is 10.6 Å². The molecule has 202 valence electrons. The average molecular weight is 521 g/mol. The SMILES string of the molecule is O=C(NC(CCCCNC(=O)OC1C=CCCCCC1)C(=O)O)OCC1c2ccccc2-c2ccccc21. The Morgan fingerprint density at radius 3 is 2.34 bits per heavy atom. The first kappa shape index (κ1) is 27.2. The topological polar surface area (TPSA) is 114 Å². The molecule has 2 unspecified atom stereocenters. The number of carboxylic acid groups (broad SMARTS) is 1. The first-order valence-corrected chi connectivity index (χ1v) is 13.5. The van der Waals surface area contributed by atoms with Gasteiger partial charge in [0.05, 0.1) is 0 Å². The number of rotatable bonds is 10. The molecule has 2 aromatic carbocycles. The van der Waals surface area contributed by atoms with E-state index in [1.165, 1.54) is 6.42 Å². The van der Waals surface area contributed by atoms with Crippen LogP contribution in [0.15, 0.2) is 60.7 Å². The van der Waals surface area contributed by atoms with Crippen LogP contribution in [-0.2, 0) is 14.3 Å². The number of carbonyl (C=O) groups is 3. The molecule has 2 aromatic rings. The Balaban J connectivity index is 1.18. The van der Waals surface area contributed by atoms with Gasteiger partial charge >= 0.3 is 18.2 Å². The number of amides is 2. The molecule has 8 nitrogen and oxygen atoms in total. The van der Waals surface area contributed by atoms with Crippen LogP contribution in [0.4, 0.5) is 9.59 Å². The molecule has 4 rings (SSSR count). The highest BCUT2D eigenvalue weighted by Gasteiger charge is 2.29. The molecule has 0 saturated carbocycles. The van der Waals surface area contributed by atoms with Gasteiger partial charge in [-0.05, 0) is 73.3 Å². The smallest absolute Gasteiger partial charge is 0.407 e. The van der Waals surface area contributed by atoms with Crippen molar-refractivity contribution in [2.75, 3.05) is 13.2 Å². The fraction of sp³-hybridized carbons (Fsp3) is 0.433. The molecular weight excluding hydrogens is 484 g/mol. The van der Waals surface area contributed by atoms with E-state index < -0.39 is 24.2 Å². The van der Waals surface area contributed by atoms with Crippen molar-refractivity contribution in [3.63, 3.8) is 0 Å². The average Bonchev–Trinajstić information content (AvgIpc) is 3.21. The number of ether oxygens (including phenoxy) is 2. The zero-order valence-corrected chi connectivity index (χ0v) is 21.6. The van der Waals surface area contributed by atoms with Crippen LogP contribution < -0.4 is 10.6 Å². The van der Waals surface area contributed by atoms with Gasteiger partial charge in [-0.1, -0.05) is 61.0 Å². The lowest BCUT2D eigenvalue weighted by Crippen LogP contribution is -2.41. The summed E-state index contributed by atoms with van der Waals surface area (Å²) in [5.74, 6) is -1.22. The van der Waals surface area contributed by atoms with Crippen LogP contribution in [0, 0.1) is 0 Å². The molecule has 38 heavy (non-hydrogen) atoms. The van der Waals surface area contributed by atoms with Crippen LogP contribution in [0.3, 0.4) is 0 Å². The van der Waals surface area contributed by atoms with Gasteiger partial charge in [0.15, 0.2) is 0 Å². The lowest BCUT2D eigenvalue weighted by atomic mass is 9.98. The van der Waals surface area contributed by atoms with E-state index >= 15 is 0 Å². The Kier molecular flexibility index (Phi) is 9.78. The maximum absolute atomic E-state index is 12.5. The van der Waals surface area contributed by atoms with E-state index in [0.717, 1.165) is 47.9 Å². The molecule has 3 N–H and O–H groups in total. The first-order valence-electron chi connectivity index (χ1n) is 13.5. The Labute approximate surface area is 223 Å². The van der Waals surface area contributed by atoms with Gasteiger partial charge in [0.1, 0.15) is 18.8 Å². The first-order chi connectivity index (χ1) is 18.5. The second-order valence-electron chi connectivity index (χ2n) is 9.79. The van der Waals surface area contributed by atoms with Gasteiger partial charge in [-0.3, -0.25) is 0 Å². The lowest BCUT2D eigenvalue weighted by Gasteiger charge is -2.18. The number of hydrogen-bond donors (Lipinski definition) is 3. The number of carboxylic acids is 1. The molecule has 2 atom stereocenters. The zero-order valence-electron chi connectivity index (χ0n) is 21.6. The summed E-state index contributed by atoms with van der Waals surface area (Å²) in [5.41, 5.74) is 4.43. The minimum atomic E-state index is -1.12. The van der Waals surface area contributed by atoms with Crippen molar-refractivity contribution in [3.05, 3.63) is 71.8 Å². The standard InChI is InChI=1S/C30H36N2O6/c33-28(34)27(18-10-11-19-31-29(35)38-21-12-4-2-1-3-5-13-21)32-30(36)37-20-26-24-16-8-6-14-22(24)23-15-7-9-17-25(23)26/h4,6-9,12,14-17,21,26-27H,1-3,5,10-11,13,18-20H2,(H,31,35)(H,32,36)(H,33,34). The molecular formula is C30H36N2O6. The van der Waals surface area contributed by atoms with Crippen molar-refractivity contribution in [2.24, 2.45) is 0 Å². The van der Waals surface area contributed by atoms with E-state index in [4.69, 9.17) is 9.47 Å². The number of unbranched alkanes of at least 4 members (excludes halogenated alkanes) is 1. The highest BCUT2D eigenvalue weighted by molar-refractivity contribution is 5.81. The fourth-order valence-electron chi connectivity index (χ4n) is 5.11. The molecule has 0 saturated heterocycles. The summed E-state index contributed by atoms with van der Waals surface area (Å²) in [6.07, 6.45) is 9.06. The summed E-state index contributed by atoms with van der Waals surface area (Å²) >= 11 is 0. The number of alkyl carbamates (subject to hydrolysis) is 2. The summed E-state index contributed by atoms with van der Waals surface area (Å²) in [7, 11) is 0. The number of hydrogen-bond acceptors (Lipinski definition) is 5. The molecule has 0 radical (unpaired) electrons. The predicted octanol–water partition coefficient (Wildman–Crippen LogP) is 5.76. The Morgan fingerprint density at radius 1 is 0.921 bits per heavy atom. The highest BCUT2D eigenvalue weighted by atomic mass is 16.6. The molecule has 2 aliphatic carbocycles. The van der Waals surface area contributed by atoms with Gasteiger partial charge in [-0.15, -0.1) is 0 Å². The van der Waals surface area contributed by atoms with Crippen molar-refractivity contribution < 1.29 is 29.0 Å². The molecule has 0 spiro atoms. The van der Waals surface area contributed by atoms with Gasteiger partial charge in [0, 0.05) is 12.5 Å². The van der Waals surface area contributed by atoms with Gasteiger partial charge in [-0.2, -0.15) is 0 Å². The van der Waals surface area contributed by atoms with E-state index in [1.807, 2.05) is 42.5 Å². The predicted molar refractivity (Wildman–Crippen MR) is 144 cm³/mol. The van der Waals surface area contributed by atoms with Crippen LogP contribution in [0.1, 0.15) is 68.4 Å². The minimum absolute atomic E-state index is 0.0971. The van der Waals surface area contributed by atoms with Crippen LogP contribution >= 0.6 is 0 Å². The molecule has 2 aliphatic rings. The van der Waals surface area contributed by atoms with Crippen molar-refractivity contribution in [1.29, 1.82) is 0 Å². The number of aliphatic carboxylic acids is 1. The second-order valence-corrected chi connectivity index (χ2v) is 9.79. The number of carbonyl (C=O) groups excluding carboxylic acids is 2. The quantitative estimate of drug-likeness (QED) is 0.271. The molecule has 0 fully saturated rings. The summed E-state index contributed by atoms with van der Waals surface area (Å²) < 4.78 is 10.9. The van der Waals surface area contributed by atoms with Crippen molar-refractivity contribution in [2.45, 2.75) is 69.4 Å². The van der Waals surface area contributed by atoms with Crippen LogP contribution in [0.25, 0.3) is 11.1 Å². The van der Waals surface area contributed by atoms with E-state index in [1.54, 1.807) is 0 Å². The fourth-order valence-corrected chi connectivity index (χ4v) is 5.11. The maximum Gasteiger partial charge on any atom is 0.407 e. The second kappa shape index (κ2) is 13.7. The molecule has 0 bridgehead atoms. The van der Waals surface area contributed by atoms with Crippen LogP contribution in [0.2, 0.25) is 0 Å². The monoisotopic (exact) mass is 520 g/mol. The van der Waals surface area contributed by atoms with Gasteiger partial charge < -0.3 is 25.2 Å². The van der Waals surface area contributed by atoms with Gasteiger partial charge in [0.2, 0.25) is 0 Å². The molecule has 0 heterocycles. The van der Waals surface area contributed by atoms with Gasteiger partial charge in [0.25, 0.3) is 0 Å². The van der Waals surface area contributed by atoms with Crippen molar-refractivity contribution in [3.8, 4) is 11.1 Å². The summed E-state index contributed by atoms with van der Waals surface area (Å²) in [6, 6.07) is 15.0. The van der Waals surface area contributed by atoms with Gasteiger partial charge in [-0.25, -0.2) is 14.4 Å². The molecule has 0 aromatic heterocycles. The third-order valence-electron chi connectivity index (χ3n) is 7.09. The zero-order chi connectivity index (χ0) is 26.7. The number of benzene rings is 2.